The van der Waals surface area contributed by atoms with Gasteiger partial charge in [0.1, 0.15) is 23.9 Å². The Labute approximate surface area is 221 Å². The molecule has 186 valence electrons. The molecular formula is C28H21ClN2O5S. The highest BCUT2D eigenvalue weighted by molar-refractivity contribution is 7.22. The standard InChI is InChI=1S/C28H21ClN2O5S/c1-3-13-36-19-10-7-16(8-11-19)24-23(25(32)17-5-4-6-20(14-17)35-2)26(33)27(34)31(24)28-30-21-12-9-18(29)15-22(21)37-28/h3-12,14-15,24,32H,1,13H2,2H3. The second kappa shape index (κ2) is 10.1. The summed E-state index contributed by atoms with van der Waals surface area (Å²) < 4.78 is 11.6. The van der Waals surface area contributed by atoms with Crippen LogP contribution in [-0.2, 0) is 9.59 Å². The molecule has 0 aliphatic carbocycles. The molecule has 1 atom stereocenters. The van der Waals surface area contributed by atoms with E-state index in [-0.39, 0.29) is 11.3 Å². The molecule has 1 aromatic heterocycles. The number of anilines is 1. The minimum atomic E-state index is -0.921. The molecule has 0 radical (unpaired) electrons. The number of hydrogen-bond acceptors (Lipinski definition) is 7. The van der Waals surface area contributed by atoms with Crippen LogP contribution in [0.15, 0.2) is 85.0 Å². The number of nitrogens with zero attached hydrogens (tertiary/aromatic N) is 2. The first kappa shape index (κ1) is 24.5. The third-order valence-electron chi connectivity index (χ3n) is 5.90. The SMILES string of the molecule is C=CCOc1ccc(C2C(=C(O)c3cccc(OC)c3)C(=O)C(=O)N2c2nc3ccc(Cl)cc3s2)cc1. The van der Waals surface area contributed by atoms with Gasteiger partial charge in [0.05, 0.1) is 28.9 Å². The normalized spacial score (nSPS) is 16.8. The molecule has 1 aliphatic heterocycles. The Bertz CT molecular complexity index is 1560. The van der Waals surface area contributed by atoms with Crippen molar-refractivity contribution < 1.29 is 24.2 Å². The molecule has 1 amide bonds. The van der Waals surface area contributed by atoms with Gasteiger partial charge in [-0.3, -0.25) is 14.5 Å². The zero-order valence-corrected chi connectivity index (χ0v) is 21.3. The average molecular weight is 533 g/mol. The predicted molar refractivity (Wildman–Crippen MR) is 145 cm³/mol. The summed E-state index contributed by atoms with van der Waals surface area (Å²) >= 11 is 7.39. The zero-order chi connectivity index (χ0) is 26.1. The number of hydrogen-bond donors (Lipinski definition) is 1. The fraction of sp³-hybridized carbons (Fsp3) is 0.107. The van der Waals surface area contributed by atoms with Crippen molar-refractivity contribution in [2.24, 2.45) is 0 Å². The highest BCUT2D eigenvalue weighted by Crippen LogP contribution is 2.45. The second-order valence-corrected chi connectivity index (χ2v) is 9.62. The van der Waals surface area contributed by atoms with Crippen LogP contribution in [0.3, 0.4) is 0 Å². The van der Waals surface area contributed by atoms with E-state index in [0.29, 0.717) is 44.9 Å². The van der Waals surface area contributed by atoms with Gasteiger partial charge in [-0.1, -0.05) is 59.9 Å². The highest BCUT2D eigenvalue weighted by Gasteiger charge is 2.48. The fourth-order valence-corrected chi connectivity index (χ4v) is 5.43. The molecule has 9 heteroatoms. The predicted octanol–water partition coefficient (Wildman–Crippen LogP) is 6.15. The van der Waals surface area contributed by atoms with Crippen molar-refractivity contribution in [2.75, 3.05) is 18.6 Å². The number of ketones is 1. The number of carbonyl (C=O) groups is 2. The number of halogens is 1. The van der Waals surface area contributed by atoms with E-state index in [1.54, 1.807) is 72.8 Å². The van der Waals surface area contributed by atoms with Crippen molar-refractivity contribution in [2.45, 2.75) is 6.04 Å². The number of methoxy groups -OCH3 is 1. The van der Waals surface area contributed by atoms with E-state index in [0.717, 1.165) is 4.70 Å². The fourth-order valence-electron chi connectivity index (χ4n) is 4.16. The Morgan fingerprint density at radius 3 is 2.65 bits per heavy atom. The lowest BCUT2D eigenvalue weighted by atomic mass is 9.95. The molecular weight excluding hydrogens is 512 g/mol. The van der Waals surface area contributed by atoms with Gasteiger partial charge in [0, 0.05) is 10.6 Å². The molecule has 1 N–H and O–H groups in total. The summed E-state index contributed by atoms with van der Waals surface area (Å²) in [6.07, 6.45) is 1.64. The van der Waals surface area contributed by atoms with Gasteiger partial charge in [-0.25, -0.2) is 4.98 Å². The minimum absolute atomic E-state index is 0.0460. The first-order valence-corrected chi connectivity index (χ1v) is 12.5. The Kier molecular flexibility index (Phi) is 6.69. The van der Waals surface area contributed by atoms with Crippen LogP contribution >= 0.6 is 22.9 Å². The van der Waals surface area contributed by atoms with Gasteiger partial charge in [0.2, 0.25) is 0 Å². The molecule has 0 bridgehead atoms. The molecule has 1 fully saturated rings. The molecule has 5 rings (SSSR count). The number of carbonyl (C=O) groups excluding carboxylic acids is 2. The van der Waals surface area contributed by atoms with Gasteiger partial charge >= 0.3 is 5.91 Å². The minimum Gasteiger partial charge on any atom is -0.507 e. The van der Waals surface area contributed by atoms with Crippen molar-refractivity contribution in [3.05, 3.63) is 101 Å². The number of Topliss-reactive ketones (excluding diaryl/α,β-unsaturated/α-hetero) is 1. The van der Waals surface area contributed by atoms with E-state index >= 15 is 0 Å². The van der Waals surface area contributed by atoms with E-state index in [2.05, 4.69) is 11.6 Å². The summed E-state index contributed by atoms with van der Waals surface area (Å²) in [6, 6.07) is 18.0. The highest BCUT2D eigenvalue weighted by atomic mass is 35.5. The van der Waals surface area contributed by atoms with Crippen LogP contribution in [0.1, 0.15) is 17.2 Å². The Morgan fingerprint density at radius 2 is 1.92 bits per heavy atom. The molecule has 2 heterocycles. The van der Waals surface area contributed by atoms with E-state index in [1.807, 2.05) is 0 Å². The largest absolute Gasteiger partial charge is 0.507 e. The summed E-state index contributed by atoms with van der Waals surface area (Å²) in [6.45, 7) is 3.98. The van der Waals surface area contributed by atoms with Crippen LogP contribution < -0.4 is 14.4 Å². The van der Waals surface area contributed by atoms with E-state index in [9.17, 15) is 14.7 Å². The number of amides is 1. The maximum Gasteiger partial charge on any atom is 0.301 e. The quantitative estimate of drug-likeness (QED) is 0.133. The average Bonchev–Trinajstić information content (AvgIpc) is 3.44. The number of aromatic nitrogens is 1. The second-order valence-electron chi connectivity index (χ2n) is 8.18. The maximum absolute atomic E-state index is 13.4. The van der Waals surface area contributed by atoms with Gasteiger partial charge in [-0.2, -0.15) is 0 Å². The molecule has 0 spiro atoms. The van der Waals surface area contributed by atoms with E-state index in [4.69, 9.17) is 21.1 Å². The van der Waals surface area contributed by atoms with Crippen LogP contribution in [0.25, 0.3) is 16.0 Å². The lowest BCUT2D eigenvalue weighted by molar-refractivity contribution is -0.132. The first-order chi connectivity index (χ1) is 17.9. The Balaban J connectivity index is 1.68. The monoisotopic (exact) mass is 532 g/mol. The van der Waals surface area contributed by atoms with Gasteiger partial charge in [-0.05, 0) is 48.0 Å². The number of thiazole rings is 1. The van der Waals surface area contributed by atoms with Crippen LogP contribution in [-0.4, -0.2) is 35.5 Å². The summed E-state index contributed by atoms with van der Waals surface area (Å²) in [5, 5.41) is 12.2. The van der Waals surface area contributed by atoms with Crippen molar-refractivity contribution in [1.29, 1.82) is 0 Å². The first-order valence-electron chi connectivity index (χ1n) is 11.3. The zero-order valence-electron chi connectivity index (χ0n) is 19.7. The van der Waals surface area contributed by atoms with Crippen molar-refractivity contribution in [3.8, 4) is 11.5 Å². The van der Waals surface area contributed by atoms with E-state index in [1.165, 1.54) is 23.3 Å². The summed E-state index contributed by atoms with van der Waals surface area (Å²) in [7, 11) is 1.51. The molecule has 1 unspecified atom stereocenters. The topological polar surface area (TPSA) is 89.0 Å². The van der Waals surface area contributed by atoms with Crippen molar-refractivity contribution >= 4 is 55.7 Å². The molecule has 3 aromatic carbocycles. The Morgan fingerprint density at radius 1 is 1.14 bits per heavy atom. The number of fused-ring (bicyclic) bond motifs is 1. The number of aliphatic hydroxyl groups is 1. The maximum atomic E-state index is 13.4. The van der Waals surface area contributed by atoms with Crippen molar-refractivity contribution in [1.82, 2.24) is 4.98 Å². The van der Waals surface area contributed by atoms with Crippen molar-refractivity contribution in [3.63, 3.8) is 0 Å². The molecule has 4 aromatic rings. The molecule has 1 aliphatic rings. The lowest BCUT2D eigenvalue weighted by Crippen LogP contribution is -2.29. The van der Waals surface area contributed by atoms with Crippen LogP contribution in [0.2, 0.25) is 5.02 Å². The number of benzene rings is 3. The van der Waals surface area contributed by atoms with Gasteiger partial charge in [0.25, 0.3) is 5.78 Å². The third-order valence-corrected chi connectivity index (χ3v) is 7.15. The molecule has 37 heavy (non-hydrogen) atoms. The molecule has 1 saturated heterocycles. The lowest BCUT2D eigenvalue weighted by Gasteiger charge is -2.23. The number of rotatable bonds is 7. The van der Waals surface area contributed by atoms with Crippen LogP contribution in [0, 0.1) is 0 Å². The molecule has 0 saturated carbocycles. The summed E-state index contributed by atoms with van der Waals surface area (Å²) in [5.74, 6) is -0.799. The van der Waals surface area contributed by atoms with Crippen LogP contribution in [0.4, 0.5) is 5.13 Å². The van der Waals surface area contributed by atoms with E-state index < -0.39 is 17.7 Å². The Hall–Kier alpha value is -4.14. The number of ether oxygens (including phenoxy) is 2. The molecule has 7 nitrogen and oxygen atoms in total. The number of aliphatic hydroxyl groups excluding tert-OH is 1. The smallest absolute Gasteiger partial charge is 0.301 e. The van der Waals surface area contributed by atoms with Gasteiger partial charge in [0.15, 0.2) is 5.13 Å². The third kappa shape index (κ3) is 4.57. The summed E-state index contributed by atoms with van der Waals surface area (Å²) in [4.78, 5) is 32.7. The van der Waals surface area contributed by atoms with Gasteiger partial charge < -0.3 is 14.6 Å². The van der Waals surface area contributed by atoms with Crippen LogP contribution in [0.5, 0.6) is 11.5 Å². The van der Waals surface area contributed by atoms with Gasteiger partial charge in [-0.15, -0.1) is 0 Å². The summed E-state index contributed by atoms with van der Waals surface area (Å²) in [5.41, 5.74) is 1.55.